The standard InChI is InChI=1S/C13H23N3O/c1-11(2)16-8-3-12(15-16)9-13(10-17)4-6-14-7-5-13/h3,8,11,14,17H,4-7,9-10H2,1-2H3. The molecular formula is C13H23N3O. The summed E-state index contributed by atoms with van der Waals surface area (Å²) >= 11 is 0. The molecule has 96 valence electrons. The molecule has 1 aromatic heterocycles. The number of aliphatic hydroxyl groups is 1. The number of piperidine rings is 1. The van der Waals surface area contributed by atoms with Crippen molar-refractivity contribution in [2.75, 3.05) is 19.7 Å². The van der Waals surface area contributed by atoms with Gasteiger partial charge >= 0.3 is 0 Å². The number of hydrogen-bond acceptors (Lipinski definition) is 3. The van der Waals surface area contributed by atoms with Crippen molar-refractivity contribution in [2.24, 2.45) is 5.41 Å². The van der Waals surface area contributed by atoms with Crippen molar-refractivity contribution in [3.8, 4) is 0 Å². The molecule has 1 aromatic rings. The highest BCUT2D eigenvalue weighted by Crippen LogP contribution is 2.31. The molecule has 0 radical (unpaired) electrons. The Bertz CT molecular complexity index is 353. The minimum Gasteiger partial charge on any atom is -0.396 e. The summed E-state index contributed by atoms with van der Waals surface area (Å²) in [4.78, 5) is 0. The topological polar surface area (TPSA) is 50.1 Å². The third-order valence-electron chi connectivity index (χ3n) is 3.75. The maximum Gasteiger partial charge on any atom is 0.0631 e. The van der Waals surface area contributed by atoms with Crippen LogP contribution in [0.3, 0.4) is 0 Å². The third-order valence-corrected chi connectivity index (χ3v) is 3.75. The van der Waals surface area contributed by atoms with Crippen LogP contribution in [0.5, 0.6) is 0 Å². The second-order valence-corrected chi connectivity index (χ2v) is 5.47. The van der Waals surface area contributed by atoms with Crippen molar-refractivity contribution in [3.63, 3.8) is 0 Å². The SMILES string of the molecule is CC(C)n1ccc(CC2(CO)CCNCC2)n1. The summed E-state index contributed by atoms with van der Waals surface area (Å²) in [7, 11) is 0. The lowest BCUT2D eigenvalue weighted by Gasteiger charge is -2.35. The van der Waals surface area contributed by atoms with E-state index in [1.807, 2.05) is 10.9 Å². The van der Waals surface area contributed by atoms with Crippen molar-refractivity contribution < 1.29 is 5.11 Å². The molecule has 1 aliphatic rings. The van der Waals surface area contributed by atoms with Crippen molar-refractivity contribution in [1.82, 2.24) is 15.1 Å². The van der Waals surface area contributed by atoms with Crippen LogP contribution in [0.2, 0.25) is 0 Å². The highest BCUT2D eigenvalue weighted by atomic mass is 16.3. The first-order valence-corrected chi connectivity index (χ1v) is 6.51. The van der Waals surface area contributed by atoms with Crippen LogP contribution >= 0.6 is 0 Å². The van der Waals surface area contributed by atoms with Crippen LogP contribution in [0.15, 0.2) is 12.3 Å². The van der Waals surface area contributed by atoms with Crippen LogP contribution < -0.4 is 5.32 Å². The summed E-state index contributed by atoms with van der Waals surface area (Å²) in [6.45, 7) is 6.53. The van der Waals surface area contributed by atoms with Gasteiger partial charge in [-0.25, -0.2) is 0 Å². The molecule has 2 N–H and O–H groups in total. The van der Waals surface area contributed by atoms with E-state index >= 15 is 0 Å². The molecular weight excluding hydrogens is 214 g/mol. The Kier molecular flexibility index (Phi) is 3.84. The fourth-order valence-corrected chi connectivity index (χ4v) is 2.49. The van der Waals surface area contributed by atoms with Crippen LogP contribution in [0.4, 0.5) is 0 Å². The average molecular weight is 237 g/mol. The summed E-state index contributed by atoms with van der Waals surface area (Å²) in [5.41, 5.74) is 1.15. The fourth-order valence-electron chi connectivity index (χ4n) is 2.49. The van der Waals surface area contributed by atoms with E-state index in [1.165, 1.54) is 0 Å². The van der Waals surface area contributed by atoms with Gasteiger partial charge in [-0.2, -0.15) is 5.10 Å². The number of rotatable bonds is 4. The van der Waals surface area contributed by atoms with Crippen LogP contribution in [0.25, 0.3) is 0 Å². The average Bonchev–Trinajstić information content (AvgIpc) is 2.79. The molecule has 4 heteroatoms. The molecule has 0 saturated carbocycles. The Morgan fingerprint density at radius 2 is 2.18 bits per heavy atom. The monoisotopic (exact) mass is 237 g/mol. The van der Waals surface area contributed by atoms with Gasteiger partial charge in [0, 0.05) is 24.3 Å². The van der Waals surface area contributed by atoms with Gasteiger partial charge in [0.2, 0.25) is 0 Å². The molecule has 2 rings (SSSR count). The molecule has 0 spiro atoms. The molecule has 0 unspecified atom stereocenters. The molecule has 0 aliphatic carbocycles. The van der Waals surface area contributed by atoms with Crippen molar-refractivity contribution in [2.45, 2.75) is 39.2 Å². The first-order valence-electron chi connectivity index (χ1n) is 6.51. The molecule has 1 saturated heterocycles. The lowest BCUT2D eigenvalue weighted by atomic mass is 9.76. The van der Waals surface area contributed by atoms with E-state index in [2.05, 4.69) is 30.3 Å². The molecule has 4 nitrogen and oxygen atoms in total. The molecule has 17 heavy (non-hydrogen) atoms. The summed E-state index contributed by atoms with van der Waals surface area (Å²) in [5, 5.41) is 17.6. The van der Waals surface area contributed by atoms with Crippen molar-refractivity contribution >= 4 is 0 Å². The second kappa shape index (κ2) is 5.19. The minimum atomic E-state index is 0.0431. The Hall–Kier alpha value is -0.870. The van der Waals surface area contributed by atoms with E-state index in [4.69, 9.17) is 0 Å². The fraction of sp³-hybridized carbons (Fsp3) is 0.769. The van der Waals surface area contributed by atoms with Crippen molar-refractivity contribution in [3.05, 3.63) is 18.0 Å². The van der Waals surface area contributed by atoms with E-state index in [0.29, 0.717) is 6.04 Å². The molecule has 0 bridgehead atoms. The van der Waals surface area contributed by atoms with E-state index < -0.39 is 0 Å². The molecule has 0 atom stereocenters. The van der Waals surface area contributed by atoms with E-state index in [-0.39, 0.29) is 12.0 Å². The quantitative estimate of drug-likeness (QED) is 0.831. The Morgan fingerprint density at radius 1 is 1.47 bits per heavy atom. The summed E-state index contributed by atoms with van der Waals surface area (Å²) in [6, 6.07) is 2.49. The minimum absolute atomic E-state index is 0.0431. The van der Waals surface area contributed by atoms with Gasteiger partial charge in [-0.3, -0.25) is 4.68 Å². The molecule has 1 aliphatic heterocycles. The lowest BCUT2D eigenvalue weighted by Crippen LogP contribution is -2.40. The molecule has 0 amide bonds. The molecule has 1 fully saturated rings. The second-order valence-electron chi connectivity index (χ2n) is 5.47. The van der Waals surface area contributed by atoms with Crippen LogP contribution in [-0.2, 0) is 6.42 Å². The smallest absolute Gasteiger partial charge is 0.0631 e. The van der Waals surface area contributed by atoms with Gasteiger partial charge in [-0.1, -0.05) is 0 Å². The maximum absolute atomic E-state index is 9.66. The van der Waals surface area contributed by atoms with E-state index in [0.717, 1.165) is 38.0 Å². The van der Waals surface area contributed by atoms with Gasteiger partial charge in [0.15, 0.2) is 0 Å². The summed E-state index contributed by atoms with van der Waals surface area (Å²) in [6.07, 6.45) is 5.01. The zero-order chi connectivity index (χ0) is 12.3. The van der Waals surface area contributed by atoms with Crippen LogP contribution in [0.1, 0.15) is 38.4 Å². The Balaban J connectivity index is 2.06. The predicted octanol–water partition coefficient (Wildman–Crippen LogP) is 1.37. The summed E-state index contributed by atoms with van der Waals surface area (Å²) in [5.74, 6) is 0. The highest BCUT2D eigenvalue weighted by Gasteiger charge is 2.32. The predicted molar refractivity (Wildman–Crippen MR) is 67.9 cm³/mol. The van der Waals surface area contributed by atoms with Crippen molar-refractivity contribution in [1.29, 1.82) is 0 Å². The summed E-state index contributed by atoms with van der Waals surface area (Å²) < 4.78 is 1.99. The largest absolute Gasteiger partial charge is 0.396 e. The van der Waals surface area contributed by atoms with E-state index in [1.54, 1.807) is 0 Å². The van der Waals surface area contributed by atoms with Gasteiger partial charge in [-0.15, -0.1) is 0 Å². The zero-order valence-electron chi connectivity index (χ0n) is 10.8. The van der Waals surface area contributed by atoms with Gasteiger partial charge in [0.05, 0.1) is 5.69 Å². The number of nitrogens with one attached hydrogen (secondary N) is 1. The third kappa shape index (κ3) is 2.87. The van der Waals surface area contributed by atoms with Gasteiger partial charge in [0.25, 0.3) is 0 Å². The zero-order valence-corrected chi connectivity index (χ0v) is 10.8. The highest BCUT2D eigenvalue weighted by molar-refractivity contribution is 5.05. The van der Waals surface area contributed by atoms with Gasteiger partial charge in [-0.05, 0) is 52.3 Å². The number of nitrogens with zero attached hydrogens (tertiary/aromatic N) is 2. The number of aliphatic hydroxyl groups excluding tert-OH is 1. The maximum atomic E-state index is 9.66. The first-order chi connectivity index (χ1) is 8.15. The van der Waals surface area contributed by atoms with Crippen LogP contribution in [-0.4, -0.2) is 34.6 Å². The Morgan fingerprint density at radius 3 is 2.71 bits per heavy atom. The lowest BCUT2D eigenvalue weighted by molar-refractivity contribution is 0.0881. The van der Waals surface area contributed by atoms with E-state index in [9.17, 15) is 5.11 Å². The number of hydrogen-bond donors (Lipinski definition) is 2. The normalized spacial score (nSPS) is 19.8. The first kappa shape index (κ1) is 12.6. The molecule has 0 aromatic carbocycles. The molecule has 2 heterocycles. The van der Waals surface area contributed by atoms with Gasteiger partial charge in [0.1, 0.15) is 0 Å². The van der Waals surface area contributed by atoms with Crippen LogP contribution in [0, 0.1) is 5.41 Å². The van der Waals surface area contributed by atoms with Gasteiger partial charge < -0.3 is 10.4 Å². The number of aromatic nitrogens is 2. The Labute approximate surface area is 103 Å².